The molecule has 3 aliphatic rings. The van der Waals surface area contributed by atoms with Crippen molar-refractivity contribution in [3.63, 3.8) is 0 Å². The number of anilines is 1. The number of thioether (sulfide) groups is 1. The third-order valence-corrected chi connectivity index (χ3v) is 7.47. The molecular formula is C19H21N9O6S2. The van der Waals surface area contributed by atoms with E-state index in [-0.39, 0.29) is 28.3 Å². The first-order chi connectivity index (χ1) is 17.3. The highest BCUT2D eigenvalue weighted by molar-refractivity contribution is 8.00. The summed E-state index contributed by atoms with van der Waals surface area (Å²) in [4.78, 5) is 60.6. The highest BCUT2D eigenvalue weighted by atomic mass is 32.2. The molecule has 17 heteroatoms. The molecule has 2 atom stereocenters. The predicted octanol–water partition coefficient (Wildman–Crippen LogP) is -1.82. The molecule has 3 amide bonds. The van der Waals surface area contributed by atoms with Gasteiger partial charge in [-0.25, -0.2) is 4.79 Å². The standard InChI is InChI=1S/C19H21N9O6S2/c20-7-22-2-4-27-3-1-8(15(27)30)5-9-6-35-17-11(16(31)28(17)12(9)18(32)33)23-14(29)10(25-34)13-24-19(21)36-26-13/h5,7,11,17,34H,1-4,6H2,(H2,20,22)(H,23,29)(H,32,33)(H2,21,24,26)/b8-5?,25-10-/t11-,17-/m1/s1. The van der Waals surface area contributed by atoms with Crippen LogP contribution < -0.4 is 16.8 Å². The van der Waals surface area contributed by atoms with Gasteiger partial charge in [0.2, 0.25) is 17.4 Å². The molecule has 1 aromatic heterocycles. The molecule has 0 aliphatic carbocycles. The zero-order valence-electron chi connectivity index (χ0n) is 18.5. The van der Waals surface area contributed by atoms with Crippen molar-refractivity contribution in [2.24, 2.45) is 15.9 Å². The largest absolute Gasteiger partial charge is 0.477 e. The molecule has 4 heterocycles. The minimum Gasteiger partial charge on any atom is -0.477 e. The molecule has 15 nitrogen and oxygen atoms in total. The first-order valence-electron chi connectivity index (χ1n) is 10.5. The minimum atomic E-state index is -1.33. The van der Waals surface area contributed by atoms with Crippen molar-refractivity contribution in [1.82, 2.24) is 24.5 Å². The van der Waals surface area contributed by atoms with Gasteiger partial charge in [0.25, 0.3) is 11.8 Å². The quantitative estimate of drug-likeness (QED) is 0.0621. The number of oxime groups is 1. The third kappa shape index (κ3) is 4.61. The second-order valence-corrected chi connectivity index (χ2v) is 9.60. The number of fused-ring (bicyclic) bond motifs is 1. The molecule has 0 saturated carbocycles. The number of aromatic nitrogens is 2. The summed E-state index contributed by atoms with van der Waals surface area (Å²) >= 11 is 2.03. The molecule has 0 spiro atoms. The topological polar surface area (TPSA) is 230 Å². The van der Waals surface area contributed by atoms with Crippen molar-refractivity contribution >= 4 is 64.2 Å². The van der Waals surface area contributed by atoms with Crippen molar-refractivity contribution in [3.8, 4) is 0 Å². The smallest absolute Gasteiger partial charge is 0.352 e. The number of aliphatic imine (C=N–C) groups is 1. The van der Waals surface area contributed by atoms with Crippen LogP contribution in [0.5, 0.6) is 0 Å². The summed E-state index contributed by atoms with van der Waals surface area (Å²) in [6, 6.07) is -1.06. The van der Waals surface area contributed by atoms with Crippen molar-refractivity contribution in [3.05, 3.63) is 28.7 Å². The molecule has 0 unspecified atom stereocenters. The Bertz CT molecular complexity index is 1240. The number of nitrogens with zero attached hydrogens (tertiary/aromatic N) is 6. The van der Waals surface area contributed by atoms with Crippen molar-refractivity contribution in [2.45, 2.75) is 17.8 Å². The van der Waals surface area contributed by atoms with E-state index in [4.69, 9.17) is 11.5 Å². The lowest BCUT2D eigenvalue weighted by molar-refractivity contribution is -0.150. The van der Waals surface area contributed by atoms with Crippen LogP contribution in [0, 0.1) is 0 Å². The van der Waals surface area contributed by atoms with E-state index in [0.717, 1.165) is 16.4 Å². The van der Waals surface area contributed by atoms with Gasteiger partial charge in [0.15, 0.2) is 5.13 Å². The molecule has 190 valence electrons. The van der Waals surface area contributed by atoms with E-state index < -0.39 is 34.9 Å². The number of carbonyl (C=O) groups excluding carboxylic acids is 3. The highest BCUT2D eigenvalue weighted by Gasteiger charge is 2.54. The maximum atomic E-state index is 12.9. The van der Waals surface area contributed by atoms with Crippen LogP contribution in [-0.2, 0) is 19.2 Å². The van der Waals surface area contributed by atoms with Gasteiger partial charge in [0.05, 0.1) is 12.9 Å². The van der Waals surface area contributed by atoms with Gasteiger partial charge >= 0.3 is 5.97 Å². The summed E-state index contributed by atoms with van der Waals surface area (Å²) in [6.45, 7) is 1.22. The van der Waals surface area contributed by atoms with Crippen LogP contribution in [0.4, 0.5) is 5.13 Å². The predicted molar refractivity (Wildman–Crippen MR) is 129 cm³/mol. The molecule has 7 N–H and O–H groups in total. The molecule has 2 saturated heterocycles. The summed E-state index contributed by atoms with van der Waals surface area (Å²) in [5.74, 6) is -3.14. The van der Waals surface area contributed by atoms with Crippen molar-refractivity contribution < 1.29 is 29.5 Å². The van der Waals surface area contributed by atoms with Gasteiger partial charge in [-0.05, 0) is 18.1 Å². The SMILES string of the molecule is NC=NCCN1CCC(=CC2=C(C(=O)O)N3C(=O)[C@@H](NC(=O)/C(=N\O)c4nsc(N)n4)[C@H]3SC2)C1=O. The Morgan fingerprint density at radius 1 is 1.33 bits per heavy atom. The molecule has 2 fully saturated rings. The van der Waals surface area contributed by atoms with E-state index >= 15 is 0 Å². The fraction of sp³-hybridized carbons (Fsp3) is 0.368. The molecule has 1 aromatic rings. The van der Waals surface area contributed by atoms with Gasteiger partial charge in [0, 0.05) is 35.9 Å². The molecule has 0 bridgehead atoms. The summed E-state index contributed by atoms with van der Waals surface area (Å²) in [5.41, 5.74) is 10.7. The van der Waals surface area contributed by atoms with E-state index in [1.807, 2.05) is 0 Å². The highest BCUT2D eigenvalue weighted by Crippen LogP contribution is 2.41. The van der Waals surface area contributed by atoms with Crippen LogP contribution in [0.25, 0.3) is 0 Å². The average Bonchev–Trinajstić information content (AvgIpc) is 3.43. The van der Waals surface area contributed by atoms with Crippen LogP contribution >= 0.6 is 23.3 Å². The monoisotopic (exact) mass is 535 g/mol. The lowest BCUT2D eigenvalue weighted by Crippen LogP contribution is -2.71. The van der Waals surface area contributed by atoms with Gasteiger partial charge in [-0.2, -0.15) is 9.36 Å². The summed E-state index contributed by atoms with van der Waals surface area (Å²) in [5, 5.41) is 23.8. The lowest BCUT2D eigenvalue weighted by atomic mass is 10.0. The van der Waals surface area contributed by atoms with E-state index in [1.54, 1.807) is 4.90 Å². The zero-order chi connectivity index (χ0) is 26.0. The molecule has 3 aliphatic heterocycles. The normalized spacial score (nSPS) is 23.4. The molecule has 4 rings (SSSR count). The second-order valence-electron chi connectivity index (χ2n) is 7.71. The molecule has 0 radical (unpaired) electrons. The number of aliphatic carboxylic acids is 1. The second kappa shape index (κ2) is 10.3. The van der Waals surface area contributed by atoms with Crippen LogP contribution in [0.15, 0.2) is 33.1 Å². The fourth-order valence-electron chi connectivity index (χ4n) is 3.96. The number of hydrogen-bond donors (Lipinski definition) is 5. The molecule has 36 heavy (non-hydrogen) atoms. The molecular weight excluding hydrogens is 514 g/mol. The van der Waals surface area contributed by atoms with Gasteiger partial charge in [-0.1, -0.05) is 5.16 Å². The first kappa shape index (κ1) is 25.1. The van der Waals surface area contributed by atoms with Gasteiger partial charge in [-0.3, -0.25) is 24.3 Å². The average molecular weight is 536 g/mol. The minimum absolute atomic E-state index is 0.0542. The first-order valence-corrected chi connectivity index (χ1v) is 12.3. The van der Waals surface area contributed by atoms with Crippen LogP contribution in [0.2, 0.25) is 0 Å². The van der Waals surface area contributed by atoms with Gasteiger partial charge < -0.3 is 32.0 Å². The Balaban J connectivity index is 1.50. The Labute approximate surface area is 211 Å². The Kier molecular flexibility index (Phi) is 7.20. The number of carboxylic acids is 1. The number of carboxylic acid groups (broad SMARTS) is 1. The Morgan fingerprint density at radius 2 is 2.11 bits per heavy atom. The number of amides is 3. The number of nitrogens with one attached hydrogen (secondary N) is 1. The maximum absolute atomic E-state index is 12.9. The summed E-state index contributed by atoms with van der Waals surface area (Å²) < 4.78 is 3.80. The number of rotatable bonds is 8. The molecule has 0 aromatic carbocycles. The van der Waals surface area contributed by atoms with E-state index in [2.05, 4.69) is 24.8 Å². The number of nitrogens with two attached hydrogens (primary N) is 2. The summed E-state index contributed by atoms with van der Waals surface area (Å²) in [7, 11) is 0. The number of nitrogen functional groups attached to an aromatic ring is 1. The van der Waals surface area contributed by atoms with E-state index in [0.29, 0.717) is 37.2 Å². The van der Waals surface area contributed by atoms with Gasteiger partial charge in [-0.15, -0.1) is 11.8 Å². The number of allylic oxidation sites excluding steroid dienone is 1. The lowest BCUT2D eigenvalue weighted by Gasteiger charge is -2.49. The van der Waals surface area contributed by atoms with E-state index in [9.17, 15) is 29.5 Å². The Hall–Kier alpha value is -3.99. The van der Waals surface area contributed by atoms with Gasteiger partial charge in [0.1, 0.15) is 17.1 Å². The van der Waals surface area contributed by atoms with E-state index in [1.165, 1.54) is 24.2 Å². The maximum Gasteiger partial charge on any atom is 0.352 e. The number of likely N-dealkylation sites (tertiary alicyclic amines) is 1. The van der Waals surface area contributed by atoms with Crippen molar-refractivity contribution in [2.75, 3.05) is 31.1 Å². The van der Waals surface area contributed by atoms with Crippen LogP contribution in [-0.4, -0.2) is 102 Å². The zero-order valence-corrected chi connectivity index (χ0v) is 20.2. The summed E-state index contributed by atoms with van der Waals surface area (Å²) in [6.07, 6.45) is 3.12. The van der Waals surface area contributed by atoms with Crippen LogP contribution in [0.1, 0.15) is 12.2 Å². The number of carbonyl (C=O) groups is 4. The number of hydrogen-bond acceptors (Lipinski definition) is 12. The third-order valence-electron chi connectivity index (χ3n) is 5.62. The Morgan fingerprint density at radius 3 is 2.75 bits per heavy atom. The van der Waals surface area contributed by atoms with Crippen LogP contribution in [0.3, 0.4) is 0 Å². The number of β-lactam (4-membered cyclic amide) rings is 1. The fourth-order valence-corrected chi connectivity index (χ4v) is 5.70. The van der Waals surface area contributed by atoms with Crippen molar-refractivity contribution in [1.29, 1.82) is 0 Å².